The number of hydrogen-bond acceptors (Lipinski definition) is 4. The normalized spacial score (nSPS) is 24.3. The topological polar surface area (TPSA) is 48.4 Å². The Hall–Kier alpha value is -1.42. The highest BCUT2D eigenvalue weighted by Gasteiger charge is 2.23. The second kappa shape index (κ2) is 5.07. The van der Waals surface area contributed by atoms with Gasteiger partial charge in [-0.1, -0.05) is 6.07 Å². The molecule has 0 radical (unpaired) electrons. The number of nitrogens with zero attached hydrogens (tertiary/aromatic N) is 1. The fraction of sp³-hybridized carbons (Fsp3) is 0.500. The molecule has 0 bridgehead atoms. The minimum Gasteiger partial charge on any atom is -0.458 e. The van der Waals surface area contributed by atoms with Crippen molar-refractivity contribution < 1.29 is 14.3 Å². The van der Waals surface area contributed by atoms with Crippen LogP contribution in [0.2, 0.25) is 0 Å². The average Bonchev–Trinajstić information content (AvgIpc) is 2.73. The first kappa shape index (κ1) is 11.1. The number of hydrogen-bond donors (Lipinski definition) is 0. The molecular formula is C12H15NO3. The van der Waals surface area contributed by atoms with Gasteiger partial charge in [0.1, 0.15) is 12.3 Å². The molecular weight excluding hydrogens is 206 g/mol. The van der Waals surface area contributed by atoms with Crippen LogP contribution in [0.25, 0.3) is 0 Å². The van der Waals surface area contributed by atoms with Crippen LogP contribution in [0.4, 0.5) is 0 Å². The maximum absolute atomic E-state index is 11.5. The molecule has 2 rings (SSSR count). The van der Waals surface area contributed by atoms with Crippen LogP contribution in [-0.2, 0) is 9.47 Å². The van der Waals surface area contributed by atoms with Crippen molar-refractivity contribution in [3.8, 4) is 0 Å². The number of esters is 1. The maximum atomic E-state index is 11.5. The lowest BCUT2D eigenvalue weighted by atomic mass is 10.2. The van der Waals surface area contributed by atoms with Crippen molar-refractivity contribution in [2.75, 3.05) is 6.61 Å². The first-order valence-corrected chi connectivity index (χ1v) is 5.49. The SMILES string of the molecule is C[C@H]1CC[C@H](COC(=O)c2ccccn2)O1. The molecule has 1 fully saturated rings. The summed E-state index contributed by atoms with van der Waals surface area (Å²) in [6, 6.07) is 5.16. The summed E-state index contributed by atoms with van der Waals surface area (Å²) in [7, 11) is 0. The molecule has 0 aliphatic carbocycles. The first-order chi connectivity index (χ1) is 7.75. The number of rotatable bonds is 3. The zero-order valence-electron chi connectivity index (χ0n) is 9.26. The van der Waals surface area contributed by atoms with Crippen molar-refractivity contribution in [2.24, 2.45) is 0 Å². The summed E-state index contributed by atoms with van der Waals surface area (Å²) in [5.41, 5.74) is 0.341. The molecule has 0 spiro atoms. The molecule has 0 saturated carbocycles. The van der Waals surface area contributed by atoms with Gasteiger partial charge in [-0.25, -0.2) is 9.78 Å². The number of carbonyl (C=O) groups excluding carboxylic acids is 1. The molecule has 2 atom stereocenters. The van der Waals surface area contributed by atoms with Gasteiger partial charge in [0.25, 0.3) is 0 Å². The quantitative estimate of drug-likeness (QED) is 0.730. The van der Waals surface area contributed by atoms with Gasteiger partial charge in [0, 0.05) is 6.20 Å². The van der Waals surface area contributed by atoms with Crippen molar-refractivity contribution in [2.45, 2.75) is 32.0 Å². The molecule has 1 saturated heterocycles. The number of ether oxygens (including phenoxy) is 2. The van der Waals surface area contributed by atoms with Crippen molar-refractivity contribution in [1.82, 2.24) is 4.98 Å². The minimum atomic E-state index is -0.385. The molecule has 0 N–H and O–H groups in total. The Kier molecular flexibility index (Phi) is 3.51. The molecule has 2 heterocycles. The van der Waals surface area contributed by atoms with Crippen LogP contribution in [0.15, 0.2) is 24.4 Å². The lowest BCUT2D eigenvalue weighted by molar-refractivity contribution is -0.00299. The van der Waals surface area contributed by atoms with E-state index in [1.807, 2.05) is 6.92 Å². The van der Waals surface area contributed by atoms with Gasteiger partial charge >= 0.3 is 5.97 Å². The molecule has 4 nitrogen and oxygen atoms in total. The van der Waals surface area contributed by atoms with E-state index in [4.69, 9.17) is 9.47 Å². The maximum Gasteiger partial charge on any atom is 0.357 e. The van der Waals surface area contributed by atoms with Crippen LogP contribution in [0.5, 0.6) is 0 Å². The molecule has 1 aromatic rings. The van der Waals surface area contributed by atoms with E-state index < -0.39 is 0 Å². The van der Waals surface area contributed by atoms with Crippen molar-refractivity contribution in [3.05, 3.63) is 30.1 Å². The van der Waals surface area contributed by atoms with Gasteiger partial charge in [-0.05, 0) is 31.9 Å². The Morgan fingerprint density at radius 2 is 2.44 bits per heavy atom. The highest BCUT2D eigenvalue weighted by atomic mass is 16.6. The molecule has 1 aliphatic heterocycles. The fourth-order valence-corrected chi connectivity index (χ4v) is 1.73. The Bertz CT molecular complexity index is 353. The van der Waals surface area contributed by atoms with E-state index in [0.29, 0.717) is 12.3 Å². The Morgan fingerprint density at radius 1 is 1.56 bits per heavy atom. The van der Waals surface area contributed by atoms with Gasteiger partial charge in [-0.15, -0.1) is 0 Å². The van der Waals surface area contributed by atoms with E-state index in [9.17, 15) is 4.79 Å². The minimum absolute atomic E-state index is 0.0441. The second-order valence-corrected chi connectivity index (χ2v) is 3.96. The van der Waals surface area contributed by atoms with E-state index in [2.05, 4.69) is 4.98 Å². The summed E-state index contributed by atoms with van der Waals surface area (Å²) in [5, 5.41) is 0. The van der Waals surface area contributed by atoms with Gasteiger partial charge in [0.05, 0.1) is 12.2 Å². The van der Waals surface area contributed by atoms with E-state index in [0.717, 1.165) is 12.8 Å². The van der Waals surface area contributed by atoms with Gasteiger partial charge in [-0.3, -0.25) is 0 Å². The smallest absolute Gasteiger partial charge is 0.357 e. The van der Waals surface area contributed by atoms with Crippen LogP contribution in [0, 0.1) is 0 Å². The van der Waals surface area contributed by atoms with E-state index in [1.165, 1.54) is 0 Å². The third-order valence-electron chi connectivity index (χ3n) is 2.59. The first-order valence-electron chi connectivity index (χ1n) is 5.49. The molecule has 0 amide bonds. The Morgan fingerprint density at radius 3 is 3.06 bits per heavy atom. The van der Waals surface area contributed by atoms with Crippen LogP contribution in [0.1, 0.15) is 30.3 Å². The molecule has 16 heavy (non-hydrogen) atoms. The van der Waals surface area contributed by atoms with E-state index in [1.54, 1.807) is 24.4 Å². The summed E-state index contributed by atoms with van der Waals surface area (Å²) in [4.78, 5) is 15.5. The van der Waals surface area contributed by atoms with Crippen molar-refractivity contribution in [1.29, 1.82) is 0 Å². The molecule has 86 valence electrons. The number of pyridine rings is 1. The summed E-state index contributed by atoms with van der Waals surface area (Å²) in [5.74, 6) is -0.385. The number of carbonyl (C=O) groups is 1. The molecule has 0 unspecified atom stereocenters. The van der Waals surface area contributed by atoms with Crippen molar-refractivity contribution in [3.63, 3.8) is 0 Å². The zero-order chi connectivity index (χ0) is 11.4. The summed E-state index contributed by atoms with van der Waals surface area (Å²) in [6.07, 6.45) is 3.88. The van der Waals surface area contributed by atoms with Gasteiger partial charge in [0.15, 0.2) is 0 Å². The summed E-state index contributed by atoms with van der Waals surface area (Å²) in [6.45, 7) is 2.35. The van der Waals surface area contributed by atoms with E-state index >= 15 is 0 Å². The van der Waals surface area contributed by atoms with Crippen LogP contribution in [0.3, 0.4) is 0 Å². The standard InChI is InChI=1S/C12H15NO3/c1-9-5-6-10(16-9)8-15-12(14)11-4-2-3-7-13-11/h2-4,7,9-10H,5-6,8H2,1H3/t9-,10+/m0/s1. The third kappa shape index (κ3) is 2.79. The highest BCUT2D eigenvalue weighted by molar-refractivity contribution is 5.87. The Labute approximate surface area is 94.6 Å². The average molecular weight is 221 g/mol. The summed E-state index contributed by atoms with van der Waals surface area (Å²) < 4.78 is 10.7. The molecule has 1 aliphatic rings. The van der Waals surface area contributed by atoms with Crippen molar-refractivity contribution >= 4 is 5.97 Å². The predicted octanol–water partition coefficient (Wildman–Crippen LogP) is 1.81. The van der Waals surface area contributed by atoms with Gasteiger partial charge in [-0.2, -0.15) is 0 Å². The monoisotopic (exact) mass is 221 g/mol. The highest BCUT2D eigenvalue weighted by Crippen LogP contribution is 2.19. The predicted molar refractivity (Wildman–Crippen MR) is 58.1 cm³/mol. The second-order valence-electron chi connectivity index (χ2n) is 3.96. The zero-order valence-corrected chi connectivity index (χ0v) is 9.26. The number of aromatic nitrogens is 1. The largest absolute Gasteiger partial charge is 0.458 e. The van der Waals surface area contributed by atoms with Crippen LogP contribution in [-0.4, -0.2) is 29.8 Å². The fourth-order valence-electron chi connectivity index (χ4n) is 1.73. The third-order valence-corrected chi connectivity index (χ3v) is 2.59. The van der Waals surface area contributed by atoms with Crippen LogP contribution < -0.4 is 0 Å². The molecule has 4 heteroatoms. The van der Waals surface area contributed by atoms with Gasteiger partial charge < -0.3 is 9.47 Å². The Balaban J connectivity index is 1.80. The lowest BCUT2D eigenvalue weighted by Gasteiger charge is -2.11. The summed E-state index contributed by atoms with van der Waals surface area (Å²) >= 11 is 0. The lowest BCUT2D eigenvalue weighted by Crippen LogP contribution is -2.19. The van der Waals surface area contributed by atoms with E-state index in [-0.39, 0.29) is 18.2 Å². The molecule has 0 aromatic carbocycles. The van der Waals surface area contributed by atoms with Crippen LogP contribution >= 0.6 is 0 Å². The van der Waals surface area contributed by atoms with Gasteiger partial charge in [0.2, 0.25) is 0 Å². The molecule has 1 aromatic heterocycles.